The number of aromatic nitrogens is 4. The molecule has 1 aliphatic rings. The van der Waals surface area contributed by atoms with Crippen molar-refractivity contribution in [1.29, 1.82) is 0 Å². The minimum absolute atomic E-state index is 0. The van der Waals surface area contributed by atoms with Crippen molar-refractivity contribution in [3.05, 3.63) is 170 Å². The summed E-state index contributed by atoms with van der Waals surface area (Å²) in [5, 5.41) is 8.76. The molecule has 1 atom stereocenters. The van der Waals surface area contributed by atoms with E-state index in [-0.39, 0.29) is 70.8 Å². The Kier molecular flexibility index (Phi) is 21.1. The molecule has 0 spiro atoms. The normalized spacial score (nSPS) is 12.2. The fourth-order valence-electron chi connectivity index (χ4n) is 6.73. The van der Waals surface area contributed by atoms with Gasteiger partial charge in [0.2, 0.25) is 11.8 Å². The van der Waals surface area contributed by atoms with E-state index in [1.54, 1.807) is 36.8 Å². The molecule has 0 aliphatic carbocycles. The Morgan fingerprint density at radius 2 is 1.30 bits per heavy atom. The molecular weight excluding hydrogens is 1090 g/mol. The second-order valence-corrected chi connectivity index (χ2v) is 16.4. The smallest absolute Gasteiger partial charge is 0.253 e. The summed E-state index contributed by atoms with van der Waals surface area (Å²) in [6.45, 7) is 0.729. The molecule has 0 saturated carbocycles. The predicted octanol–water partition coefficient (Wildman–Crippen LogP) is 4.87. The molecule has 1 radical (unpaired) electrons. The Labute approximate surface area is 418 Å². The summed E-state index contributed by atoms with van der Waals surface area (Å²) < 4.78 is 39.9. The summed E-state index contributed by atoms with van der Waals surface area (Å²) >= 11 is 0. The number of benzene rings is 3. The number of nitrogens with one attached hydrogen (secondary N) is 3. The maximum absolute atomic E-state index is 13.2. The van der Waals surface area contributed by atoms with Gasteiger partial charge in [-0.2, -0.15) is 0 Å². The number of fused-ring (bicyclic) bond motifs is 3. The second kappa shape index (κ2) is 27.6. The fraction of sp³-hybridized carbons (Fsp3) is 0.196. The van der Waals surface area contributed by atoms with Gasteiger partial charge >= 0.3 is 0 Å². The van der Waals surface area contributed by atoms with Gasteiger partial charge in [-0.1, -0.05) is 42.5 Å². The molecule has 3 aromatic carbocycles. The van der Waals surface area contributed by atoms with Crippen LogP contribution in [0.15, 0.2) is 152 Å². The number of imide groups is 1. The van der Waals surface area contributed by atoms with Crippen LogP contribution in [0.25, 0.3) is 44.3 Å². The Morgan fingerprint density at radius 3 is 1.90 bits per heavy atom. The predicted molar refractivity (Wildman–Crippen MR) is 256 cm³/mol. The second-order valence-electron chi connectivity index (χ2n) is 15.0. The Bertz CT molecular complexity index is 2810. The number of amides is 5. The van der Waals surface area contributed by atoms with E-state index in [0.717, 1.165) is 32.8 Å². The minimum atomic E-state index is -4.88. The van der Waals surface area contributed by atoms with Crippen LogP contribution in [0.3, 0.4) is 0 Å². The summed E-state index contributed by atoms with van der Waals surface area (Å²) in [7, 11) is -4.88. The van der Waals surface area contributed by atoms with Gasteiger partial charge < -0.3 is 35.2 Å². The zero-order valence-corrected chi connectivity index (χ0v) is 40.7. The molecule has 5 amide bonds. The third kappa shape index (κ3) is 16.7. The first-order valence-electron chi connectivity index (χ1n) is 21.8. The van der Waals surface area contributed by atoms with Crippen LogP contribution < -0.4 is 16.0 Å². The van der Waals surface area contributed by atoms with E-state index in [0.29, 0.717) is 29.3 Å². The van der Waals surface area contributed by atoms with Crippen molar-refractivity contribution in [3.63, 3.8) is 0 Å². The van der Waals surface area contributed by atoms with Gasteiger partial charge in [0.1, 0.15) is 6.04 Å². The molecular formula is C51H47IrN8O9S-3. The van der Waals surface area contributed by atoms with E-state index >= 15 is 0 Å². The number of rotatable bonds is 18. The standard InChI is InChI=1S/C29H32N6O9S.2C11H8N.Ir/c36-23(30-14-16-44-17-15-35-24(37)8-9-25(35)38)5-1-2-11-33-29(40)22(18-45(41,42)43)34-28(39)21-10-13-32-27-20(21)7-6-19-4-3-12-31-26(19)27;2*1-2-6-10(7-3-1)11-8-4-5-9-12-11;/h3-4,6-10,12-13,22H,1-2,5,11,14-18H2,(H,30,36)(H,33,40)(H,34,39)(H,41,42,43);2*1-6,8-9H;/q;2*-1;/p-1. The molecule has 1 unspecified atom stereocenters. The molecule has 4 aromatic heterocycles. The molecule has 0 bridgehead atoms. The molecule has 8 rings (SSSR count). The summed E-state index contributed by atoms with van der Waals surface area (Å²) in [6, 6.07) is 40.4. The van der Waals surface area contributed by atoms with E-state index < -0.39 is 45.5 Å². The first-order chi connectivity index (χ1) is 33.5. The molecule has 0 saturated heterocycles. The first-order valence-corrected chi connectivity index (χ1v) is 23.3. The van der Waals surface area contributed by atoms with Crippen LogP contribution in [-0.2, 0) is 54.1 Å². The van der Waals surface area contributed by atoms with Gasteiger partial charge in [0.25, 0.3) is 17.7 Å². The van der Waals surface area contributed by atoms with Gasteiger partial charge in [0.15, 0.2) is 0 Å². The van der Waals surface area contributed by atoms with Gasteiger partial charge in [-0.05, 0) is 48.5 Å². The molecule has 5 heterocycles. The average Bonchev–Trinajstić information content (AvgIpc) is 3.70. The zero-order valence-electron chi connectivity index (χ0n) is 37.5. The first kappa shape index (κ1) is 53.5. The van der Waals surface area contributed by atoms with Gasteiger partial charge in [0, 0.05) is 87.3 Å². The average molecular weight is 1140 g/mol. The van der Waals surface area contributed by atoms with Crippen LogP contribution in [-0.4, -0.2) is 112 Å². The van der Waals surface area contributed by atoms with Crippen LogP contribution in [0.2, 0.25) is 0 Å². The Balaban J connectivity index is 0.000000292. The van der Waals surface area contributed by atoms with Gasteiger partial charge in [0.05, 0.1) is 52.2 Å². The quantitative estimate of drug-likeness (QED) is 0.0342. The summed E-state index contributed by atoms with van der Waals surface area (Å²) in [6.07, 6.45) is 9.83. The monoisotopic (exact) mass is 1140 g/mol. The number of carbonyl (C=O) groups is 5. The minimum Gasteiger partial charge on any atom is -0.748 e. The number of pyridine rings is 4. The summed E-state index contributed by atoms with van der Waals surface area (Å²) in [4.78, 5) is 79.0. The van der Waals surface area contributed by atoms with E-state index in [4.69, 9.17) is 4.74 Å². The van der Waals surface area contributed by atoms with E-state index in [1.807, 2.05) is 91.0 Å². The van der Waals surface area contributed by atoms with Crippen LogP contribution in [0, 0.1) is 12.1 Å². The molecule has 363 valence electrons. The Morgan fingerprint density at radius 1 is 0.671 bits per heavy atom. The van der Waals surface area contributed by atoms with Crippen molar-refractivity contribution in [2.24, 2.45) is 0 Å². The maximum atomic E-state index is 13.2. The van der Waals surface area contributed by atoms with Crippen LogP contribution in [0.5, 0.6) is 0 Å². The van der Waals surface area contributed by atoms with E-state index in [2.05, 4.69) is 48.0 Å². The van der Waals surface area contributed by atoms with Crippen molar-refractivity contribution < 1.29 is 61.8 Å². The molecule has 17 nitrogen and oxygen atoms in total. The van der Waals surface area contributed by atoms with Crippen LogP contribution in [0.4, 0.5) is 0 Å². The van der Waals surface area contributed by atoms with E-state index in [1.165, 1.54) is 24.4 Å². The van der Waals surface area contributed by atoms with Crippen molar-refractivity contribution >= 4 is 61.5 Å². The fourth-order valence-corrected chi connectivity index (χ4v) is 7.37. The summed E-state index contributed by atoms with van der Waals surface area (Å²) in [5.41, 5.74) is 5.15. The van der Waals surface area contributed by atoms with Crippen LogP contribution >= 0.6 is 0 Å². The third-order valence-corrected chi connectivity index (χ3v) is 10.8. The van der Waals surface area contributed by atoms with Crippen molar-refractivity contribution in [2.75, 3.05) is 38.6 Å². The number of carbonyl (C=O) groups excluding carboxylic acids is 5. The van der Waals surface area contributed by atoms with Gasteiger partial charge in [-0.3, -0.25) is 38.8 Å². The van der Waals surface area contributed by atoms with Crippen LogP contribution in [0.1, 0.15) is 29.6 Å². The maximum Gasteiger partial charge on any atom is 0.253 e. The molecule has 7 aromatic rings. The van der Waals surface area contributed by atoms with Gasteiger partial charge in [-0.15, -0.1) is 71.8 Å². The van der Waals surface area contributed by atoms with Crippen molar-refractivity contribution in [2.45, 2.75) is 25.3 Å². The van der Waals surface area contributed by atoms with Crippen molar-refractivity contribution in [1.82, 2.24) is 40.8 Å². The SMILES string of the molecule is O=C(CCCCNC(=O)C(CS(=O)(=O)[O-])NC(=O)c1ccnc2c1ccc1cccnc12)NCCOCCN1C(=O)C=CC1=O.[Ir].[c-]1ccccc1-c1ccccn1.[c-]1ccccc1-c1ccccn1. The van der Waals surface area contributed by atoms with Gasteiger partial charge in [-0.25, -0.2) is 8.42 Å². The topological polar surface area (TPSA) is 243 Å². The molecule has 70 heavy (non-hydrogen) atoms. The third-order valence-electron chi connectivity index (χ3n) is 10.1. The van der Waals surface area contributed by atoms with E-state index in [9.17, 15) is 36.9 Å². The Hall–Kier alpha value is -7.41. The zero-order chi connectivity index (χ0) is 48.9. The number of nitrogens with zero attached hydrogens (tertiary/aromatic N) is 5. The number of ether oxygens (including phenoxy) is 1. The largest absolute Gasteiger partial charge is 0.748 e. The van der Waals surface area contributed by atoms with Crippen molar-refractivity contribution in [3.8, 4) is 22.5 Å². The number of unbranched alkanes of at least 4 members (excludes halogenated alkanes) is 1. The number of hydrogen-bond donors (Lipinski definition) is 3. The number of hydrogen-bond acceptors (Lipinski definition) is 13. The molecule has 19 heteroatoms. The molecule has 1 aliphatic heterocycles. The molecule has 3 N–H and O–H groups in total. The summed E-state index contributed by atoms with van der Waals surface area (Å²) in [5.74, 6) is -3.82. The molecule has 0 fully saturated rings.